The summed E-state index contributed by atoms with van der Waals surface area (Å²) >= 11 is 0. The molecule has 0 unspecified atom stereocenters. The molecule has 0 saturated heterocycles. The second-order valence-electron chi connectivity index (χ2n) is 22.2. The summed E-state index contributed by atoms with van der Waals surface area (Å²) in [5.41, 5.74) is 27.0. The van der Waals surface area contributed by atoms with Gasteiger partial charge in [-0.15, -0.1) is 0 Å². The molecule has 0 fully saturated rings. The monoisotopic (exact) mass is 820 g/mol. The molecule has 0 N–H and O–H groups in total. The normalized spacial score (nSPS) is 18.0. The zero-order valence-electron chi connectivity index (χ0n) is 39.3. The van der Waals surface area contributed by atoms with E-state index in [4.69, 9.17) is 0 Å². The second-order valence-corrected chi connectivity index (χ2v) is 22.2. The van der Waals surface area contributed by atoms with Gasteiger partial charge in [0.25, 0.3) is 6.71 Å². The fourth-order valence-corrected chi connectivity index (χ4v) is 12.6. The molecule has 0 spiro atoms. The first-order valence-corrected chi connectivity index (χ1v) is 23.4. The van der Waals surface area contributed by atoms with E-state index in [2.05, 4.69) is 219 Å². The van der Waals surface area contributed by atoms with Crippen LogP contribution in [0.5, 0.6) is 0 Å². The topological polar surface area (TPSA) is 6.48 Å². The van der Waals surface area contributed by atoms with Crippen molar-refractivity contribution in [1.29, 1.82) is 0 Å². The van der Waals surface area contributed by atoms with Crippen molar-refractivity contribution in [2.75, 3.05) is 9.80 Å². The van der Waals surface area contributed by atoms with Crippen LogP contribution in [0.2, 0.25) is 0 Å². The summed E-state index contributed by atoms with van der Waals surface area (Å²) in [5, 5.41) is 0. The van der Waals surface area contributed by atoms with Crippen LogP contribution in [0.25, 0.3) is 22.3 Å². The van der Waals surface area contributed by atoms with E-state index in [1.165, 1.54) is 125 Å². The minimum atomic E-state index is 0.0538. The Hall–Kier alpha value is -5.80. The van der Waals surface area contributed by atoms with Crippen molar-refractivity contribution in [3.8, 4) is 22.3 Å². The quantitative estimate of drug-likeness (QED) is 0.163. The van der Waals surface area contributed by atoms with Gasteiger partial charge in [0.05, 0.1) is 0 Å². The fourth-order valence-electron chi connectivity index (χ4n) is 12.6. The molecule has 314 valence electrons. The minimum Gasteiger partial charge on any atom is -0.311 e. The van der Waals surface area contributed by atoms with Crippen molar-refractivity contribution in [1.82, 2.24) is 0 Å². The Bertz CT molecular complexity index is 3020. The standard InChI is InChI=1S/C60H61BN2/c1-37-28-54-56-55(29-37)63(51-34-47-44(31-39(51)3)59(8,9)36-60(47,10)11)53-35-46-45(57(4,5)26-27-58(46,6)7)33-49(53)61(56)48-24-22-43(41-20-16-13-17-21-41)32-52(48)62(54)50-25-23-42(30-38(50)2)40-18-14-12-15-19-40/h12-25,28-35H,26-27,36H2,1-11H3. The Morgan fingerprint density at radius 2 is 0.857 bits per heavy atom. The average molecular weight is 821 g/mol. The first-order chi connectivity index (χ1) is 29.9. The lowest BCUT2D eigenvalue weighted by Gasteiger charge is -2.48. The van der Waals surface area contributed by atoms with Crippen LogP contribution in [0, 0.1) is 20.8 Å². The van der Waals surface area contributed by atoms with Crippen LogP contribution in [-0.2, 0) is 21.7 Å². The molecule has 0 bridgehead atoms. The SMILES string of the molecule is Cc1cc2c3c(c1)N(c1cc4c(cc1C)C(C)(C)CC4(C)C)c1cc4c(cc1B3c1ccc(-c3ccccc3)cc1N2c1ccc(-c2ccccc2)cc1C)C(C)(C)CCC4(C)C. The van der Waals surface area contributed by atoms with Crippen LogP contribution in [0.15, 0.2) is 133 Å². The molecular formula is C60H61BN2. The van der Waals surface area contributed by atoms with Crippen molar-refractivity contribution >= 4 is 57.2 Å². The highest BCUT2D eigenvalue weighted by Crippen LogP contribution is 2.55. The van der Waals surface area contributed by atoms with Crippen LogP contribution in [0.1, 0.15) is 114 Å². The van der Waals surface area contributed by atoms with E-state index in [1.807, 2.05) is 0 Å². The predicted octanol–water partition coefficient (Wildman–Crippen LogP) is 14.3. The maximum Gasteiger partial charge on any atom is 0.252 e. The molecular weight excluding hydrogens is 759 g/mol. The molecule has 2 heterocycles. The van der Waals surface area contributed by atoms with Crippen LogP contribution in [0.3, 0.4) is 0 Å². The number of nitrogens with zero attached hydrogens (tertiary/aromatic N) is 2. The van der Waals surface area contributed by atoms with Crippen molar-refractivity contribution in [2.24, 2.45) is 0 Å². The van der Waals surface area contributed by atoms with Crippen LogP contribution in [0.4, 0.5) is 34.1 Å². The Balaban J connectivity index is 1.24. The van der Waals surface area contributed by atoms with E-state index in [1.54, 1.807) is 0 Å². The molecule has 63 heavy (non-hydrogen) atoms. The summed E-state index contributed by atoms with van der Waals surface area (Å²) in [5.74, 6) is 0. The van der Waals surface area contributed by atoms with Crippen molar-refractivity contribution in [3.63, 3.8) is 0 Å². The molecule has 2 aliphatic carbocycles. The van der Waals surface area contributed by atoms with Crippen LogP contribution in [-0.4, -0.2) is 6.71 Å². The summed E-state index contributed by atoms with van der Waals surface area (Å²) in [6.45, 7) is 26.7. The largest absolute Gasteiger partial charge is 0.311 e. The van der Waals surface area contributed by atoms with Gasteiger partial charge in [-0.25, -0.2) is 0 Å². The molecule has 0 aromatic heterocycles. The van der Waals surface area contributed by atoms with Gasteiger partial charge in [0, 0.05) is 34.1 Å². The highest BCUT2D eigenvalue weighted by atomic mass is 15.2. The number of anilines is 6. The van der Waals surface area contributed by atoms with Gasteiger partial charge in [0.15, 0.2) is 0 Å². The van der Waals surface area contributed by atoms with Gasteiger partial charge < -0.3 is 9.80 Å². The van der Waals surface area contributed by atoms with Crippen LogP contribution < -0.4 is 26.2 Å². The fraction of sp³-hybridized carbons (Fsp3) is 0.300. The molecule has 0 radical (unpaired) electrons. The van der Waals surface area contributed by atoms with Crippen molar-refractivity contribution < 1.29 is 0 Å². The average Bonchev–Trinajstić information content (AvgIpc) is 3.43. The van der Waals surface area contributed by atoms with E-state index in [9.17, 15) is 0 Å². The Kier molecular flexibility index (Phi) is 8.64. The Morgan fingerprint density at radius 1 is 0.381 bits per heavy atom. The maximum absolute atomic E-state index is 2.71. The van der Waals surface area contributed by atoms with E-state index < -0.39 is 0 Å². The third kappa shape index (κ3) is 6.05. The highest BCUT2D eigenvalue weighted by molar-refractivity contribution is 7.00. The van der Waals surface area contributed by atoms with Gasteiger partial charge in [0.1, 0.15) is 0 Å². The molecule has 4 aliphatic rings. The first-order valence-electron chi connectivity index (χ1n) is 23.4. The summed E-state index contributed by atoms with van der Waals surface area (Å²) in [6, 6.07) is 51.6. The minimum absolute atomic E-state index is 0.0538. The number of benzene rings is 7. The van der Waals surface area contributed by atoms with Gasteiger partial charge in [-0.1, -0.05) is 146 Å². The highest BCUT2D eigenvalue weighted by Gasteiger charge is 2.48. The molecule has 2 aliphatic heterocycles. The maximum atomic E-state index is 2.71. The molecule has 7 aromatic rings. The molecule has 7 aromatic carbocycles. The molecule has 0 atom stereocenters. The number of rotatable bonds is 4. The lowest BCUT2D eigenvalue weighted by Crippen LogP contribution is -2.62. The zero-order valence-corrected chi connectivity index (χ0v) is 39.3. The number of hydrogen-bond donors (Lipinski definition) is 0. The lowest BCUT2D eigenvalue weighted by molar-refractivity contribution is 0.332. The van der Waals surface area contributed by atoms with Gasteiger partial charge in [-0.3, -0.25) is 0 Å². The Morgan fingerprint density at radius 3 is 1.46 bits per heavy atom. The summed E-state index contributed by atoms with van der Waals surface area (Å²) in [7, 11) is 0. The van der Waals surface area contributed by atoms with Crippen molar-refractivity contribution in [3.05, 3.63) is 172 Å². The summed E-state index contributed by atoms with van der Waals surface area (Å²) in [4.78, 5) is 5.32. The van der Waals surface area contributed by atoms with E-state index in [-0.39, 0.29) is 28.4 Å². The summed E-state index contributed by atoms with van der Waals surface area (Å²) in [6.07, 6.45) is 3.50. The first kappa shape index (κ1) is 40.0. The Labute approximate surface area is 377 Å². The van der Waals surface area contributed by atoms with Gasteiger partial charge in [-0.05, 0) is 182 Å². The smallest absolute Gasteiger partial charge is 0.252 e. The van der Waals surface area contributed by atoms with Gasteiger partial charge in [0.2, 0.25) is 0 Å². The molecule has 3 heteroatoms. The van der Waals surface area contributed by atoms with E-state index in [0.29, 0.717) is 0 Å². The third-order valence-corrected chi connectivity index (χ3v) is 15.8. The van der Waals surface area contributed by atoms with Crippen molar-refractivity contribution in [2.45, 2.75) is 117 Å². The van der Waals surface area contributed by atoms with Gasteiger partial charge >= 0.3 is 0 Å². The predicted molar refractivity (Wildman–Crippen MR) is 272 cm³/mol. The summed E-state index contributed by atoms with van der Waals surface area (Å²) < 4.78 is 0. The second kappa shape index (κ2) is 13.6. The molecule has 2 nitrogen and oxygen atoms in total. The zero-order chi connectivity index (χ0) is 44.0. The van der Waals surface area contributed by atoms with Gasteiger partial charge in [-0.2, -0.15) is 0 Å². The molecule has 0 saturated carbocycles. The number of hydrogen-bond acceptors (Lipinski definition) is 2. The van der Waals surface area contributed by atoms with E-state index >= 15 is 0 Å². The third-order valence-electron chi connectivity index (χ3n) is 15.8. The van der Waals surface area contributed by atoms with E-state index in [0.717, 1.165) is 6.42 Å². The molecule has 11 rings (SSSR count). The number of aryl methyl sites for hydroxylation is 3. The lowest BCUT2D eigenvalue weighted by atomic mass is 9.33. The van der Waals surface area contributed by atoms with Crippen LogP contribution >= 0.6 is 0 Å². The molecule has 0 amide bonds. The number of fused-ring (bicyclic) bond motifs is 6.